The molecule has 3 aromatic rings. The summed E-state index contributed by atoms with van der Waals surface area (Å²) in [6, 6.07) is 8.95. The Bertz CT molecular complexity index is 1190. The van der Waals surface area contributed by atoms with Gasteiger partial charge in [0, 0.05) is 16.6 Å². The molecule has 1 N–H and O–H groups in total. The predicted octanol–water partition coefficient (Wildman–Crippen LogP) is 4.88. The van der Waals surface area contributed by atoms with Gasteiger partial charge in [-0.1, -0.05) is 17.7 Å². The van der Waals surface area contributed by atoms with Crippen molar-refractivity contribution in [3.05, 3.63) is 82.6 Å². The Morgan fingerprint density at radius 1 is 1.30 bits per heavy atom. The highest BCUT2D eigenvalue weighted by atomic mass is 35.5. The molecule has 156 valence electrons. The summed E-state index contributed by atoms with van der Waals surface area (Å²) in [6.07, 6.45) is 3.02. The van der Waals surface area contributed by atoms with Crippen molar-refractivity contribution >= 4 is 49.7 Å². The Morgan fingerprint density at radius 2 is 2.00 bits per heavy atom. The summed E-state index contributed by atoms with van der Waals surface area (Å²) in [7, 11) is -4.17. The minimum absolute atomic E-state index is 0.0483. The fourth-order valence-electron chi connectivity index (χ4n) is 2.61. The highest BCUT2D eigenvalue weighted by Crippen LogP contribution is 2.30. The number of nitrogens with zero attached hydrogens (tertiary/aromatic N) is 2. The Kier molecular flexibility index (Phi) is 6.55. The molecule has 0 aliphatic carbocycles. The van der Waals surface area contributed by atoms with Crippen LogP contribution in [0, 0.1) is 12.7 Å². The monoisotopic (exact) mass is 465 g/mol. The average molecular weight is 466 g/mol. The van der Waals surface area contributed by atoms with Crippen LogP contribution in [-0.4, -0.2) is 25.9 Å². The Morgan fingerprint density at radius 3 is 2.60 bits per heavy atom. The molecule has 0 fully saturated rings. The molecule has 0 saturated heterocycles. The topological polar surface area (TPSA) is 79.4 Å². The van der Waals surface area contributed by atoms with Crippen LogP contribution in [0.4, 0.5) is 15.2 Å². The Balaban J connectivity index is 1.99. The molecule has 6 nitrogen and oxygen atoms in total. The predicted molar refractivity (Wildman–Crippen MR) is 117 cm³/mol. The number of carbonyl (C=O) groups excluding carboxylic acids is 1. The maximum Gasteiger partial charge on any atom is 0.266 e. The number of amides is 1. The number of aryl methyl sites for hydroxylation is 1. The highest BCUT2D eigenvalue weighted by Gasteiger charge is 2.27. The standard InChI is InChI=1S/C20H17ClFN3O3S2/c1-3-10-25(16-7-5-15(22)6-8-16)30(27,28)18-11-14(4-9-17(18)21)19(26)24-20-23-12-13(2)29-20/h3-9,11-12H,1,10H2,2H3,(H,23,24,26). The van der Waals surface area contributed by atoms with Crippen LogP contribution in [0.1, 0.15) is 15.2 Å². The Labute approximate surface area is 182 Å². The molecule has 0 bridgehead atoms. The van der Waals surface area contributed by atoms with Gasteiger partial charge in [0.15, 0.2) is 5.13 Å². The number of hydrogen-bond donors (Lipinski definition) is 1. The van der Waals surface area contributed by atoms with Crippen molar-refractivity contribution in [2.75, 3.05) is 16.2 Å². The summed E-state index contributed by atoms with van der Waals surface area (Å²) in [4.78, 5) is 17.3. The van der Waals surface area contributed by atoms with E-state index in [0.29, 0.717) is 5.13 Å². The van der Waals surface area contributed by atoms with Crippen LogP contribution in [0.3, 0.4) is 0 Å². The summed E-state index contributed by atoms with van der Waals surface area (Å²) < 4.78 is 41.0. The maximum atomic E-state index is 13.3. The third-order valence-electron chi connectivity index (χ3n) is 4.01. The van der Waals surface area contributed by atoms with Crippen LogP contribution in [-0.2, 0) is 10.0 Å². The van der Waals surface area contributed by atoms with Crippen LogP contribution >= 0.6 is 22.9 Å². The molecule has 0 radical (unpaired) electrons. The van der Waals surface area contributed by atoms with E-state index in [0.717, 1.165) is 21.3 Å². The minimum Gasteiger partial charge on any atom is -0.298 e. The number of thiazole rings is 1. The van der Waals surface area contributed by atoms with Gasteiger partial charge in [-0.2, -0.15) is 0 Å². The van der Waals surface area contributed by atoms with Gasteiger partial charge in [-0.05, 0) is 49.4 Å². The summed E-state index contributed by atoms with van der Waals surface area (Å²) in [5, 5.41) is 2.98. The second kappa shape index (κ2) is 8.95. The molecule has 0 saturated carbocycles. The molecule has 2 aromatic carbocycles. The Hall–Kier alpha value is -2.75. The quantitative estimate of drug-likeness (QED) is 0.504. The molecule has 0 atom stereocenters. The zero-order valence-corrected chi connectivity index (χ0v) is 18.2. The van der Waals surface area contributed by atoms with Crippen molar-refractivity contribution in [3.63, 3.8) is 0 Å². The summed E-state index contributed by atoms with van der Waals surface area (Å²) in [5.41, 5.74) is 0.337. The van der Waals surface area contributed by atoms with Gasteiger partial charge in [-0.3, -0.25) is 14.4 Å². The first-order valence-electron chi connectivity index (χ1n) is 8.65. The van der Waals surface area contributed by atoms with Gasteiger partial charge >= 0.3 is 0 Å². The SMILES string of the molecule is C=CCN(c1ccc(F)cc1)S(=O)(=O)c1cc(C(=O)Nc2ncc(C)s2)ccc1Cl. The lowest BCUT2D eigenvalue weighted by Crippen LogP contribution is -2.31. The number of anilines is 2. The third kappa shape index (κ3) is 4.69. The van der Waals surface area contributed by atoms with Crippen LogP contribution in [0.25, 0.3) is 0 Å². The number of nitrogens with one attached hydrogen (secondary N) is 1. The van der Waals surface area contributed by atoms with Crippen molar-refractivity contribution in [1.29, 1.82) is 0 Å². The molecule has 3 rings (SSSR count). The number of sulfonamides is 1. The third-order valence-corrected chi connectivity index (χ3v) is 7.12. The van der Waals surface area contributed by atoms with E-state index in [9.17, 15) is 17.6 Å². The van der Waals surface area contributed by atoms with Crippen molar-refractivity contribution < 1.29 is 17.6 Å². The zero-order valence-electron chi connectivity index (χ0n) is 15.8. The second-order valence-electron chi connectivity index (χ2n) is 6.18. The lowest BCUT2D eigenvalue weighted by molar-refractivity contribution is 0.102. The average Bonchev–Trinajstić information content (AvgIpc) is 3.11. The van der Waals surface area contributed by atoms with Crippen molar-refractivity contribution in [1.82, 2.24) is 4.98 Å². The van der Waals surface area contributed by atoms with Crippen LogP contribution in [0.15, 0.2) is 66.2 Å². The molecular weight excluding hydrogens is 449 g/mol. The van der Waals surface area contributed by atoms with E-state index in [2.05, 4.69) is 16.9 Å². The number of rotatable bonds is 7. The lowest BCUT2D eigenvalue weighted by atomic mass is 10.2. The number of benzene rings is 2. The first-order valence-corrected chi connectivity index (χ1v) is 11.3. The van der Waals surface area contributed by atoms with Crippen LogP contribution in [0.5, 0.6) is 0 Å². The number of halogens is 2. The molecule has 1 heterocycles. The fraction of sp³-hybridized carbons (Fsp3) is 0.100. The van der Waals surface area contributed by atoms with Gasteiger partial charge in [0.2, 0.25) is 0 Å². The molecule has 1 aromatic heterocycles. The molecule has 0 aliphatic rings. The van der Waals surface area contributed by atoms with Crippen molar-refractivity contribution in [3.8, 4) is 0 Å². The van der Waals surface area contributed by atoms with E-state index in [4.69, 9.17) is 11.6 Å². The van der Waals surface area contributed by atoms with Crippen molar-refractivity contribution in [2.45, 2.75) is 11.8 Å². The smallest absolute Gasteiger partial charge is 0.266 e. The fourth-order valence-corrected chi connectivity index (χ4v) is 5.21. The van der Waals surface area contributed by atoms with Gasteiger partial charge < -0.3 is 0 Å². The lowest BCUT2D eigenvalue weighted by Gasteiger charge is -2.24. The van der Waals surface area contributed by atoms with E-state index >= 15 is 0 Å². The van der Waals surface area contributed by atoms with Gasteiger partial charge in [-0.25, -0.2) is 17.8 Å². The molecule has 30 heavy (non-hydrogen) atoms. The number of hydrogen-bond acceptors (Lipinski definition) is 5. The minimum atomic E-state index is -4.17. The van der Waals surface area contributed by atoms with Gasteiger partial charge in [0.25, 0.3) is 15.9 Å². The molecule has 0 unspecified atom stereocenters. The zero-order chi connectivity index (χ0) is 21.9. The van der Waals surface area contributed by atoms with E-state index in [1.54, 1.807) is 6.20 Å². The maximum absolute atomic E-state index is 13.3. The molecule has 0 aliphatic heterocycles. The first kappa shape index (κ1) is 21.9. The van der Waals surface area contributed by atoms with Crippen LogP contribution in [0.2, 0.25) is 5.02 Å². The second-order valence-corrected chi connectivity index (χ2v) is 9.65. The molecule has 10 heteroatoms. The van der Waals surface area contributed by atoms with Gasteiger partial charge in [-0.15, -0.1) is 17.9 Å². The number of carbonyl (C=O) groups is 1. The first-order chi connectivity index (χ1) is 14.2. The number of aromatic nitrogens is 1. The summed E-state index contributed by atoms with van der Waals surface area (Å²) >= 11 is 7.47. The summed E-state index contributed by atoms with van der Waals surface area (Å²) in [6.45, 7) is 5.37. The van der Waals surface area contributed by atoms with Gasteiger partial charge in [0.1, 0.15) is 10.7 Å². The molecule has 1 amide bonds. The van der Waals surface area contributed by atoms with Crippen molar-refractivity contribution in [2.24, 2.45) is 0 Å². The van der Waals surface area contributed by atoms with E-state index in [1.807, 2.05) is 6.92 Å². The molecular formula is C20H17ClFN3O3S2. The van der Waals surface area contributed by atoms with E-state index in [1.165, 1.54) is 47.7 Å². The van der Waals surface area contributed by atoms with E-state index in [-0.39, 0.29) is 27.7 Å². The van der Waals surface area contributed by atoms with E-state index < -0.39 is 21.7 Å². The normalized spacial score (nSPS) is 11.2. The largest absolute Gasteiger partial charge is 0.298 e. The summed E-state index contributed by atoms with van der Waals surface area (Å²) in [5.74, 6) is -1.02. The highest BCUT2D eigenvalue weighted by molar-refractivity contribution is 7.93. The van der Waals surface area contributed by atoms with Gasteiger partial charge in [0.05, 0.1) is 17.3 Å². The molecule has 0 spiro atoms. The van der Waals surface area contributed by atoms with Crippen LogP contribution < -0.4 is 9.62 Å².